The van der Waals surface area contributed by atoms with E-state index in [0.29, 0.717) is 6.10 Å². The van der Waals surface area contributed by atoms with Gasteiger partial charge in [-0.25, -0.2) is 0 Å². The smallest absolute Gasteiger partial charge is 0.0608 e. The topological polar surface area (TPSA) is 38.5 Å². The van der Waals surface area contributed by atoms with Gasteiger partial charge in [0, 0.05) is 19.7 Å². The fourth-order valence-electron chi connectivity index (χ4n) is 2.46. The predicted molar refractivity (Wildman–Crippen MR) is 72.5 cm³/mol. The molecule has 1 aliphatic heterocycles. The quantitative estimate of drug-likeness (QED) is 0.817. The highest BCUT2D eigenvalue weighted by Gasteiger charge is 2.20. The summed E-state index contributed by atoms with van der Waals surface area (Å²) in [6.45, 7) is 7.03. The van der Waals surface area contributed by atoms with Gasteiger partial charge in [-0.15, -0.1) is 0 Å². The molecule has 0 saturated carbocycles. The number of hydrogen-bond donors (Lipinski definition) is 1. The van der Waals surface area contributed by atoms with Crippen molar-refractivity contribution in [3.63, 3.8) is 0 Å². The van der Waals surface area contributed by atoms with Crippen LogP contribution in [0.1, 0.15) is 25.3 Å². The molecule has 0 aromatic heterocycles. The average molecular weight is 234 g/mol. The van der Waals surface area contributed by atoms with E-state index in [1.165, 1.54) is 11.3 Å². The first-order valence-electron chi connectivity index (χ1n) is 6.43. The number of nitrogens with zero attached hydrogens (tertiary/aromatic N) is 1. The molecule has 1 aliphatic rings. The third-order valence-corrected chi connectivity index (χ3v) is 3.37. The van der Waals surface area contributed by atoms with Crippen molar-refractivity contribution < 1.29 is 4.74 Å². The van der Waals surface area contributed by atoms with Gasteiger partial charge in [0.15, 0.2) is 0 Å². The Morgan fingerprint density at radius 2 is 2.06 bits per heavy atom. The third-order valence-electron chi connectivity index (χ3n) is 3.37. The minimum Gasteiger partial charge on any atom is -0.397 e. The number of anilines is 2. The number of piperidine rings is 1. The molecule has 1 fully saturated rings. The van der Waals surface area contributed by atoms with Crippen LogP contribution in [0.15, 0.2) is 18.2 Å². The molecule has 0 aliphatic carbocycles. The van der Waals surface area contributed by atoms with Crippen LogP contribution < -0.4 is 10.6 Å². The maximum Gasteiger partial charge on any atom is 0.0608 e. The van der Waals surface area contributed by atoms with Crippen molar-refractivity contribution in [2.75, 3.05) is 30.3 Å². The maximum absolute atomic E-state index is 6.07. The van der Waals surface area contributed by atoms with Gasteiger partial charge in [0.05, 0.1) is 17.5 Å². The number of ether oxygens (including phenoxy) is 1. The van der Waals surface area contributed by atoms with Crippen molar-refractivity contribution >= 4 is 11.4 Å². The Morgan fingerprint density at radius 1 is 1.35 bits per heavy atom. The minimum absolute atomic E-state index is 0.433. The summed E-state index contributed by atoms with van der Waals surface area (Å²) in [4.78, 5) is 2.37. The Kier molecular flexibility index (Phi) is 3.89. The van der Waals surface area contributed by atoms with Gasteiger partial charge in [-0.05, 0) is 44.4 Å². The Labute approximate surface area is 104 Å². The molecule has 1 saturated heterocycles. The SMILES string of the molecule is CCOC1CCN(c2ccc(C)cc2N)CC1. The molecule has 0 spiro atoms. The van der Waals surface area contributed by atoms with Crippen LogP contribution in [-0.2, 0) is 4.74 Å². The molecular formula is C14H22N2O. The highest BCUT2D eigenvalue weighted by atomic mass is 16.5. The predicted octanol–water partition coefficient (Wildman–Crippen LogP) is 2.58. The Morgan fingerprint density at radius 3 is 2.65 bits per heavy atom. The Balaban J connectivity index is 2.00. The molecule has 2 N–H and O–H groups in total. The Bertz CT molecular complexity index is 370. The molecule has 3 heteroatoms. The minimum atomic E-state index is 0.433. The molecule has 1 aromatic carbocycles. The second kappa shape index (κ2) is 5.41. The van der Waals surface area contributed by atoms with Crippen LogP contribution in [0.25, 0.3) is 0 Å². The van der Waals surface area contributed by atoms with E-state index in [2.05, 4.69) is 30.9 Å². The van der Waals surface area contributed by atoms with Gasteiger partial charge in [0.2, 0.25) is 0 Å². The zero-order valence-electron chi connectivity index (χ0n) is 10.8. The standard InChI is InChI=1S/C14H22N2O/c1-3-17-12-6-8-16(9-7-12)14-5-4-11(2)10-13(14)15/h4-5,10,12H,3,6-9,15H2,1-2H3. The zero-order valence-corrected chi connectivity index (χ0v) is 10.8. The van der Waals surface area contributed by atoms with E-state index in [1.54, 1.807) is 0 Å². The summed E-state index contributed by atoms with van der Waals surface area (Å²) in [5.74, 6) is 0. The molecule has 94 valence electrons. The van der Waals surface area contributed by atoms with Gasteiger partial charge >= 0.3 is 0 Å². The van der Waals surface area contributed by atoms with Crippen molar-refractivity contribution in [1.29, 1.82) is 0 Å². The Hall–Kier alpha value is -1.22. The molecule has 1 aromatic rings. The van der Waals surface area contributed by atoms with Gasteiger partial charge in [-0.3, -0.25) is 0 Å². The fourth-order valence-corrected chi connectivity index (χ4v) is 2.46. The van der Waals surface area contributed by atoms with Gasteiger partial charge in [0.1, 0.15) is 0 Å². The molecule has 1 heterocycles. The van der Waals surface area contributed by atoms with Crippen LogP contribution >= 0.6 is 0 Å². The van der Waals surface area contributed by atoms with Crippen LogP contribution in [0.5, 0.6) is 0 Å². The highest BCUT2D eigenvalue weighted by Crippen LogP contribution is 2.27. The summed E-state index contributed by atoms with van der Waals surface area (Å²) >= 11 is 0. The number of nitrogen functional groups attached to an aromatic ring is 1. The molecule has 0 atom stereocenters. The maximum atomic E-state index is 6.07. The van der Waals surface area contributed by atoms with Gasteiger partial charge in [0.25, 0.3) is 0 Å². The molecule has 0 amide bonds. The summed E-state index contributed by atoms with van der Waals surface area (Å²) in [6, 6.07) is 6.30. The second-order valence-corrected chi connectivity index (χ2v) is 4.70. The highest BCUT2D eigenvalue weighted by molar-refractivity contribution is 5.68. The first kappa shape index (κ1) is 12.2. The third kappa shape index (κ3) is 2.91. The number of aryl methyl sites for hydroxylation is 1. The van der Waals surface area contributed by atoms with Gasteiger partial charge in [-0.2, -0.15) is 0 Å². The lowest BCUT2D eigenvalue weighted by Crippen LogP contribution is -2.37. The largest absolute Gasteiger partial charge is 0.397 e. The lowest BCUT2D eigenvalue weighted by Gasteiger charge is -2.34. The monoisotopic (exact) mass is 234 g/mol. The molecular weight excluding hydrogens is 212 g/mol. The van der Waals surface area contributed by atoms with E-state index < -0.39 is 0 Å². The second-order valence-electron chi connectivity index (χ2n) is 4.70. The summed E-state index contributed by atoms with van der Waals surface area (Å²) in [5, 5.41) is 0. The summed E-state index contributed by atoms with van der Waals surface area (Å²) in [6.07, 6.45) is 2.63. The average Bonchev–Trinajstić information content (AvgIpc) is 2.31. The van der Waals surface area contributed by atoms with E-state index in [-0.39, 0.29) is 0 Å². The normalized spacial score (nSPS) is 17.4. The molecule has 0 unspecified atom stereocenters. The molecule has 0 radical (unpaired) electrons. The van der Waals surface area contributed by atoms with Crippen LogP contribution in [0.2, 0.25) is 0 Å². The van der Waals surface area contributed by atoms with Crippen molar-refractivity contribution in [3.8, 4) is 0 Å². The van der Waals surface area contributed by atoms with Crippen molar-refractivity contribution in [2.24, 2.45) is 0 Å². The van der Waals surface area contributed by atoms with Crippen molar-refractivity contribution in [3.05, 3.63) is 23.8 Å². The van der Waals surface area contributed by atoms with Crippen molar-refractivity contribution in [1.82, 2.24) is 0 Å². The summed E-state index contributed by atoms with van der Waals surface area (Å²) < 4.78 is 5.66. The van der Waals surface area contributed by atoms with E-state index in [0.717, 1.165) is 38.2 Å². The summed E-state index contributed by atoms with van der Waals surface area (Å²) in [7, 11) is 0. The number of rotatable bonds is 3. The van der Waals surface area contributed by atoms with Crippen molar-refractivity contribution in [2.45, 2.75) is 32.8 Å². The fraction of sp³-hybridized carbons (Fsp3) is 0.571. The number of nitrogens with two attached hydrogens (primary N) is 1. The van der Waals surface area contributed by atoms with E-state index in [1.807, 2.05) is 6.07 Å². The van der Waals surface area contributed by atoms with Crippen LogP contribution in [-0.4, -0.2) is 25.8 Å². The van der Waals surface area contributed by atoms with Crippen LogP contribution in [0, 0.1) is 6.92 Å². The molecule has 2 rings (SSSR count). The molecule has 0 bridgehead atoms. The lowest BCUT2D eigenvalue weighted by atomic mass is 10.1. The van der Waals surface area contributed by atoms with Gasteiger partial charge < -0.3 is 15.4 Å². The first-order chi connectivity index (χ1) is 8.20. The molecule has 17 heavy (non-hydrogen) atoms. The van der Waals surface area contributed by atoms with Gasteiger partial charge in [-0.1, -0.05) is 6.07 Å². The van der Waals surface area contributed by atoms with Crippen LogP contribution in [0.4, 0.5) is 11.4 Å². The van der Waals surface area contributed by atoms with E-state index >= 15 is 0 Å². The lowest BCUT2D eigenvalue weighted by molar-refractivity contribution is 0.0459. The van der Waals surface area contributed by atoms with E-state index in [4.69, 9.17) is 10.5 Å². The number of benzene rings is 1. The summed E-state index contributed by atoms with van der Waals surface area (Å²) in [5.41, 5.74) is 9.35. The number of hydrogen-bond acceptors (Lipinski definition) is 3. The first-order valence-corrected chi connectivity index (χ1v) is 6.43. The van der Waals surface area contributed by atoms with E-state index in [9.17, 15) is 0 Å². The zero-order chi connectivity index (χ0) is 12.3. The molecule has 3 nitrogen and oxygen atoms in total. The van der Waals surface area contributed by atoms with Crippen LogP contribution in [0.3, 0.4) is 0 Å².